The van der Waals surface area contributed by atoms with Crippen molar-refractivity contribution in [3.8, 4) is 0 Å². The van der Waals surface area contributed by atoms with Crippen LogP contribution in [0.25, 0.3) is 0 Å². The van der Waals surface area contributed by atoms with Crippen LogP contribution < -0.4 is 4.73 Å². The molecule has 2 aromatic rings. The van der Waals surface area contributed by atoms with E-state index in [0.717, 1.165) is 4.90 Å². The van der Waals surface area contributed by atoms with Gasteiger partial charge < -0.3 is 15.3 Å². The Morgan fingerprint density at radius 3 is 3.00 bits per heavy atom. The zero-order chi connectivity index (χ0) is 13.1. The predicted octanol–water partition coefficient (Wildman–Crippen LogP) is 1.25. The standard InChI is InChI=1S/C10H10N4O3S/c1-12-9(11-5-10(12)14(16)17)7-18-8-3-2-4-13(15)6-8/h2-6H,7H2,1H3. The summed E-state index contributed by atoms with van der Waals surface area (Å²) in [5, 5.41) is 21.7. The molecule has 0 aliphatic heterocycles. The van der Waals surface area contributed by atoms with Crippen molar-refractivity contribution in [1.29, 1.82) is 0 Å². The molecule has 18 heavy (non-hydrogen) atoms. The maximum atomic E-state index is 11.1. The van der Waals surface area contributed by atoms with E-state index < -0.39 is 4.92 Å². The monoisotopic (exact) mass is 266 g/mol. The van der Waals surface area contributed by atoms with Gasteiger partial charge in [-0.15, -0.1) is 11.8 Å². The van der Waals surface area contributed by atoms with E-state index in [0.29, 0.717) is 16.3 Å². The first-order valence-corrected chi connectivity index (χ1v) is 6.03. The highest BCUT2D eigenvalue weighted by atomic mass is 32.2. The Kier molecular flexibility index (Phi) is 3.47. The second kappa shape index (κ2) is 5.05. The molecule has 0 unspecified atom stereocenters. The van der Waals surface area contributed by atoms with E-state index in [9.17, 15) is 15.3 Å². The zero-order valence-corrected chi connectivity index (χ0v) is 10.3. The molecule has 7 nitrogen and oxygen atoms in total. The number of nitro groups is 1. The summed E-state index contributed by atoms with van der Waals surface area (Å²) in [4.78, 5) is 15.0. The van der Waals surface area contributed by atoms with Gasteiger partial charge in [0.2, 0.25) is 5.82 Å². The Morgan fingerprint density at radius 2 is 2.39 bits per heavy atom. The van der Waals surface area contributed by atoms with Gasteiger partial charge in [0.15, 0.2) is 12.4 Å². The first kappa shape index (κ1) is 12.4. The van der Waals surface area contributed by atoms with Gasteiger partial charge in [-0.3, -0.25) is 0 Å². The van der Waals surface area contributed by atoms with Gasteiger partial charge in [-0.2, -0.15) is 4.73 Å². The molecule has 2 heterocycles. The average molecular weight is 266 g/mol. The van der Waals surface area contributed by atoms with Crippen molar-refractivity contribution >= 4 is 17.6 Å². The molecule has 0 amide bonds. The predicted molar refractivity (Wildman–Crippen MR) is 64.8 cm³/mol. The van der Waals surface area contributed by atoms with Crippen molar-refractivity contribution in [1.82, 2.24) is 9.55 Å². The van der Waals surface area contributed by atoms with Crippen molar-refractivity contribution in [2.24, 2.45) is 7.05 Å². The molecule has 0 N–H and O–H groups in total. The summed E-state index contributed by atoms with van der Waals surface area (Å²) < 4.78 is 2.14. The third-order valence-corrected chi connectivity index (χ3v) is 3.34. The second-order valence-corrected chi connectivity index (χ2v) is 4.59. The van der Waals surface area contributed by atoms with Crippen LogP contribution in [0.3, 0.4) is 0 Å². The van der Waals surface area contributed by atoms with Crippen LogP contribution in [0.2, 0.25) is 0 Å². The lowest BCUT2D eigenvalue weighted by Gasteiger charge is -2.00. The van der Waals surface area contributed by atoms with Crippen LogP contribution in [0.15, 0.2) is 35.6 Å². The molecule has 0 saturated heterocycles. The maximum absolute atomic E-state index is 11.1. The molecule has 94 valence electrons. The highest BCUT2D eigenvalue weighted by molar-refractivity contribution is 7.98. The summed E-state index contributed by atoms with van der Waals surface area (Å²) >= 11 is 1.40. The normalized spacial score (nSPS) is 10.5. The van der Waals surface area contributed by atoms with Gasteiger partial charge in [0.05, 0.1) is 17.7 Å². The topological polar surface area (TPSA) is 87.9 Å². The van der Waals surface area contributed by atoms with E-state index in [1.807, 2.05) is 0 Å². The van der Waals surface area contributed by atoms with Crippen molar-refractivity contribution in [2.75, 3.05) is 0 Å². The maximum Gasteiger partial charge on any atom is 0.342 e. The fourth-order valence-electron chi connectivity index (χ4n) is 1.41. The summed E-state index contributed by atoms with van der Waals surface area (Å²) in [6.45, 7) is 0. The number of rotatable bonds is 4. The van der Waals surface area contributed by atoms with Crippen LogP contribution >= 0.6 is 11.8 Å². The van der Waals surface area contributed by atoms with Crippen LogP contribution in [0, 0.1) is 15.3 Å². The molecular weight excluding hydrogens is 256 g/mol. The van der Waals surface area contributed by atoms with Gasteiger partial charge in [-0.1, -0.05) is 0 Å². The van der Waals surface area contributed by atoms with Crippen LogP contribution in [0.5, 0.6) is 0 Å². The van der Waals surface area contributed by atoms with Gasteiger partial charge in [-0.05, 0) is 11.0 Å². The van der Waals surface area contributed by atoms with Crippen LogP contribution in [0.1, 0.15) is 5.82 Å². The molecule has 0 bridgehead atoms. The first-order chi connectivity index (χ1) is 8.58. The van der Waals surface area contributed by atoms with Crippen molar-refractivity contribution in [3.63, 3.8) is 0 Å². The highest BCUT2D eigenvalue weighted by Gasteiger charge is 2.16. The fourth-order valence-corrected chi connectivity index (χ4v) is 2.33. The minimum Gasteiger partial charge on any atom is -0.619 e. The minimum absolute atomic E-state index is 0.0439. The van der Waals surface area contributed by atoms with Gasteiger partial charge in [-0.25, -0.2) is 9.55 Å². The molecule has 0 aromatic carbocycles. The molecule has 2 aromatic heterocycles. The van der Waals surface area contributed by atoms with E-state index in [1.54, 1.807) is 19.2 Å². The quantitative estimate of drug-likeness (QED) is 0.273. The van der Waals surface area contributed by atoms with Crippen LogP contribution in [0.4, 0.5) is 5.82 Å². The van der Waals surface area contributed by atoms with Gasteiger partial charge in [0.1, 0.15) is 6.20 Å². The number of aromatic nitrogens is 3. The van der Waals surface area contributed by atoms with Crippen molar-refractivity contribution < 1.29 is 9.65 Å². The van der Waals surface area contributed by atoms with Crippen LogP contribution in [-0.2, 0) is 12.8 Å². The van der Waals surface area contributed by atoms with Crippen molar-refractivity contribution in [2.45, 2.75) is 10.6 Å². The third kappa shape index (κ3) is 2.59. The van der Waals surface area contributed by atoms with E-state index in [4.69, 9.17) is 0 Å². The summed E-state index contributed by atoms with van der Waals surface area (Å²) in [5.41, 5.74) is 0. The Labute approximate surface area is 107 Å². The summed E-state index contributed by atoms with van der Waals surface area (Å²) in [6.07, 6.45) is 4.08. The molecule has 0 aliphatic carbocycles. The largest absolute Gasteiger partial charge is 0.619 e. The number of thioether (sulfide) groups is 1. The van der Waals surface area contributed by atoms with Crippen molar-refractivity contribution in [3.05, 3.63) is 51.9 Å². The molecule has 0 radical (unpaired) electrons. The summed E-state index contributed by atoms with van der Waals surface area (Å²) in [7, 11) is 1.60. The van der Waals surface area contributed by atoms with Gasteiger partial charge >= 0.3 is 5.82 Å². The number of imidazole rings is 1. The smallest absolute Gasteiger partial charge is 0.342 e. The Hall–Kier alpha value is -2.09. The lowest BCUT2D eigenvalue weighted by atomic mass is 10.5. The first-order valence-electron chi connectivity index (χ1n) is 5.04. The lowest BCUT2D eigenvalue weighted by Crippen LogP contribution is -2.23. The number of nitrogens with zero attached hydrogens (tertiary/aromatic N) is 4. The van der Waals surface area contributed by atoms with E-state index >= 15 is 0 Å². The van der Waals surface area contributed by atoms with E-state index in [-0.39, 0.29) is 5.82 Å². The summed E-state index contributed by atoms with van der Waals surface area (Å²) in [6, 6.07) is 3.45. The molecule has 8 heteroatoms. The van der Waals surface area contributed by atoms with Gasteiger partial charge in [0.25, 0.3) is 0 Å². The highest BCUT2D eigenvalue weighted by Crippen LogP contribution is 2.22. The lowest BCUT2D eigenvalue weighted by molar-refractivity contribution is -0.607. The molecule has 0 saturated carbocycles. The summed E-state index contributed by atoms with van der Waals surface area (Å²) in [5.74, 6) is 1.01. The Morgan fingerprint density at radius 1 is 1.61 bits per heavy atom. The molecule has 0 spiro atoms. The Balaban J connectivity index is 2.09. The molecular formula is C10H10N4O3S. The molecule has 0 aliphatic rings. The number of pyridine rings is 1. The SMILES string of the molecule is Cn1c([N+](=O)[O-])cnc1CSc1ccc[n+]([O-])c1. The number of hydrogen-bond acceptors (Lipinski definition) is 5. The van der Waals surface area contributed by atoms with E-state index in [2.05, 4.69) is 4.98 Å². The molecule has 2 rings (SSSR count). The Bertz CT molecular complexity index is 584. The van der Waals surface area contributed by atoms with Crippen LogP contribution in [-0.4, -0.2) is 14.5 Å². The minimum atomic E-state index is -0.477. The van der Waals surface area contributed by atoms with Gasteiger partial charge in [0, 0.05) is 6.07 Å². The van der Waals surface area contributed by atoms with E-state index in [1.165, 1.54) is 34.9 Å². The third-order valence-electron chi connectivity index (χ3n) is 2.36. The molecule has 0 fully saturated rings. The zero-order valence-electron chi connectivity index (χ0n) is 9.52. The number of hydrogen-bond donors (Lipinski definition) is 0. The second-order valence-electron chi connectivity index (χ2n) is 3.54. The fraction of sp³-hybridized carbons (Fsp3) is 0.200. The molecule has 0 atom stereocenters. The average Bonchev–Trinajstić information content (AvgIpc) is 2.68.